The van der Waals surface area contributed by atoms with Gasteiger partial charge in [0.05, 0.1) is 0 Å². The first kappa shape index (κ1) is 29.4. The average Bonchev–Trinajstić information content (AvgIpc) is 3.26. The van der Waals surface area contributed by atoms with Crippen LogP contribution in [0.5, 0.6) is 0 Å². The molecule has 0 bridgehead atoms. The van der Waals surface area contributed by atoms with Crippen LogP contribution in [0, 0.1) is 46.3 Å². The standard InChI is InChI=1S/C36H53BrO2/c1-24(2)10-9-11-25(3)30-16-17-31-29-15-14-27-23-28(18-20-35(27,4)32(29)19-21-36(30,31)5)39-34(38)33(37)22-26-12-7-6-8-13-26/h6-8,12-14,24-25,28-33H,9-11,15-23H2,1-5H3/t25-,28+,29-,30+,31-,32-,33+,35+,36-/m1/s1. The number of hydrogen-bond acceptors (Lipinski definition) is 2. The molecule has 39 heavy (non-hydrogen) atoms. The Morgan fingerprint density at radius 3 is 2.51 bits per heavy atom. The quantitative estimate of drug-likeness (QED) is 0.161. The topological polar surface area (TPSA) is 26.3 Å². The fourth-order valence-corrected chi connectivity index (χ4v) is 10.4. The number of ether oxygens (including phenoxy) is 1. The summed E-state index contributed by atoms with van der Waals surface area (Å²) < 4.78 is 6.10. The van der Waals surface area contributed by atoms with Crippen molar-refractivity contribution in [2.24, 2.45) is 46.3 Å². The number of alkyl halides is 1. The van der Waals surface area contributed by atoms with E-state index in [9.17, 15) is 4.79 Å². The van der Waals surface area contributed by atoms with Crippen LogP contribution in [0.4, 0.5) is 0 Å². The van der Waals surface area contributed by atoms with Crippen molar-refractivity contribution in [2.75, 3.05) is 0 Å². The summed E-state index contributed by atoms with van der Waals surface area (Å²) in [6.07, 6.45) is 17.6. The van der Waals surface area contributed by atoms with Crippen molar-refractivity contribution < 1.29 is 9.53 Å². The van der Waals surface area contributed by atoms with Gasteiger partial charge in [0.25, 0.3) is 0 Å². The largest absolute Gasteiger partial charge is 0.461 e. The predicted octanol–water partition coefficient (Wildman–Crippen LogP) is 9.95. The van der Waals surface area contributed by atoms with E-state index in [1.54, 1.807) is 5.57 Å². The summed E-state index contributed by atoms with van der Waals surface area (Å²) >= 11 is 3.61. The Morgan fingerprint density at radius 1 is 1.00 bits per heavy atom. The van der Waals surface area contributed by atoms with Gasteiger partial charge in [0.15, 0.2) is 0 Å². The second-order valence-corrected chi connectivity index (χ2v) is 15.9. The minimum atomic E-state index is -0.281. The summed E-state index contributed by atoms with van der Waals surface area (Å²) in [5.74, 6) is 5.06. The molecule has 5 rings (SSSR count). The van der Waals surface area contributed by atoms with Crippen LogP contribution in [0.25, 0.3) is 0 Å². The van der Waals surface area contributed by atoms with Crippen LogP contribution < -0.4 is 0 Å². The van der Waals surface area contributed by atoms with E-state index in [1.165, 1.54) is 57.8 Å². The Hall–Kier alpha value is -1.09. The van der Waals surface area contributed by atoms with Crippen LogP contribution >= 0.6 is 15.9 Å². The van der Waals surface area contributed by atoms with Gasteiger partial charge in [0.2, 0.25) is 0 Å². The summed E-state index contributed by atoms with van der Waals surface area (Å²) in [5.41, 5.74) is 3.60. The van der Waals surface area contributed by atoms with Crippen LogP contribution in [0.3, 0.4) is 0 Å². The van der Waals surface area contributed by atoms with Gasteiger partial charge in [-0.15, -0.1) is 0 Å². The average molecular weight is 598 g/mol. The molecule has 1 aromatic rings. The van der Waals surface area contributed by atoms with Gasteiger partial charge >= 0.3 is 5.97 Å². The molecule has 1 aromatic carbocycles. The molecule has 4 aliphatic rings. The highest BCUT2D eigenvalue weighted by Gasteiger charge is 2.59. The maximum absolute atomic E-state index is 12.9. The Labute approximate surface area is 247 Å². The molecule has 0 spiro atoms. The molecule has 0 amide bonds. The molecule has 9 atom stereocenters. The monoisotopic (exact) mass is 596 g/mol. The van der Waals surface area contributed by atoms with Crippen LogP contribution in [0.2, 0.25) is 0 Å². The molecule has 3 heteroatoms. The van der Waals surface area contributed by atoms with E-state index >= 15 is 0 Å². The number of hydrogen-bond donors (Lipinski definition) is 0. The van der Waals surface area contributed by atoms with E-state index in [0.717, 1.165) is 53.9 Å². The molecule has 0 aliphatic heterocycles. The van der Waals surface area contributed by atoms with E-state index in [2.05, 4.69) is 68.8 Å². The third kappa shape index (κ3) is 5.96. The van der Waals surface area contributed by atoms with E-state index < -0.39 is 0 Å². The van der Waals surface area contributed by atoms with Crippen molar-refractivity contribution in [1.82, 2.24) is 0 Å². The number of fused-ring (bicyclic) bond motifs is 5. The highest BCUT2D eigenvalue weighted by Crippen LogP contribution is 2.67. The minimum absolute atomic E-state index is 0.0283. The molecule has 3 saturated carbocycles. The normalized spacial score (nSPS) is 37.3. The van der Waals surface area contributed by atoms with Gasteiger partial charge in [-0.3, -0.25) is 4.79 Å². The zero-order valence-electron chi connectivity index (χ0n) is 25.3. The van der Waals surface area contributed by atoms with Crippen LogP contribution in [-0.2, 0) is 16.0 Å². The smallest absolute Gasteiger partial charge is 0.320 e. The third-order valence-electron chi connectivity index (χ3n) is 12.1. The molecule has 3 fully saturated rings. The fraction of sp³-hybridized carbons (Fsp3) is 0.750. The van der Waals surface area contributed by atoms with Crippen molar-refractivity contribution in [1.29, 1.82) is 0 Å². The summed E-state index contributed by atoms with van der Waals surface area (Å²) in [4.78, 5) is 12.7. The zero-order chi connectivity index (χ0) is 27.8. The summed E-state index contributed by atoms with van der Waals surface area (Å²) in [5, 5.41) is 0. The molecule has 4 aliphatic carbocycles. The summed E-state index contributed by atoms with van der Waals surface area (Å²) in [6.45, 7) is 12.6. The van der Waals surface area contributed by atoms with Gasteiger partial charge < -0.3 is 4.74 Å². The fourth-order valence-electron chi connectivity index (χ4n) is 9.90. The highest BCUT2D eigenvalue weighted by atomic mass is 79.9. The third-order valence-corrected chi connectivity index (χ3v) is 12.8. The van der Waals surface area contributed by atoms with Crippen molar-refractivity contribution in [3.63, 3.8) is 0 Å². The maximum atomic E-state index is 12.9. The first-order chi connectivity index (χ1) is 18.6. The molecule has 0 aromatic heterocycles. The lowest BCUT2D eigenvalue weighted by molar-refractivity contribution is -0.150. The van der Waals surface area contributed by atoms with Gasteiger partial charge in [0, 0.05) is 6.42 Å². The second kappa shape index (κ2) is 12.0. The van der Waals surface area contributed by atoms with Gasteiger partial charge in [-0.05, 0) is 103 Å². The van der Waals surface area contributed by atoms with E-state index in [1.807, 2.05) is 18.2 Å². The Balaban J connectivity index is 1.21. The molecule has 0 unspecified atom stereocenters. The van der Waals surface area contributed by atoms with Gasteiger partial charge in [-0.1, -0.05) is 112 Å². The number of halogens is 1. The lowest BCUT2D eigenvalue weighted by Crippen LogP contribution is -2.51. The van der Waals surface area contributed by atoms with Crippen LogP contribution in [-0.4, -0.2) is 16.9 Å². The molecular weight excluding hydrogens is 544 g/mol. The summed E-state index contributed by atoms with van der Waals surface area (Å²) in [7, 11) is 0. The van der Waals surface area contributed by atoms with Crippen LogP contribution in [0.15, 0.2) is 42.0 Å². The number of benzene rings is 1. The lowest BCUT2D eigenvalue weighted by atomic mass is 9.47. The first-order valence-corrected chi connectivity index (χ1v) is 17.1. The van der Waals surface area contributed by atoms with Crippen molar-refractivity contribution >= 4 is 21.9 Å². The number of carbonyl (C=O) groups excluding carboxylic acids is 1. The molecule has 0 radical (unpaired) electrons. The Bertz CT molecular complexity index is 1020. The van der Waals surface area contributed by atoms with Gasteiger partial charge in [-0.2, -0.15) is 0 Å². The molecule has 0 N–H and O–H groups in total. The predicted molar refractivity (Wildman–Crippen MR) is 166 cm³/mol. The molecule has 0 saturated heterocycles. The molecule has 2 nitrogen and oxygen atoms in total. The van der Waals surface area contributed by atoms with E-state index in [-0.39, 0.29) is 16.9 Å². The highest BCUT2D eigenvalue weighted by molar-refractivity contribution is 9.10. The number of rotatable bonds is 9. The van der Waals surface area contributed by atoms with Gasteiger partial charge in [-0.25, -0.2) is 0 Å². The Kier molecular flexibility index (Phi) is 9.07. The SMILES string of the molecule is CC(C)CCC[C@@H](C)[C@@H]1CC[C@@H]2[C@H]3CC=C4C[C@@H](OC(=O)[C@@H](Br)Cc5ccccc5)CC[C@]4(C)[C@@H]3CC[C@@]21C. The lowest BCUT2D eigenvalue weighted by Gasteiger charge is -2.58. The minimum Gasteiger partial charge on any atom is -0.461 e. The van der Waals surface area contributed by atoms with Crippen molar-refractivity contribution in [2.45, 2.75) is 123 Å². The maximum Gasteiger partial charge on any atom is 0.320 e. The number of esters is 1. The van der Waals surface area contributed by atoms with E-state index in [0.29, 0.717) is 17.3 Å². The zero-order valence-corrected chi connectivity index (χ0v) is 26.8. The number of allylic oxidation sites excluding steroid dienone is 1. The number of carbonyl (C=O) groups is 1. The first-order valence-electron chi connectivity index (χ1n) is 16.2. The summed E-state index contributed by atoms with van der Waals surface area (Å²) in [6, 6.07) is 10.2. The van der Waals surface area contributed by atoms with Crippen molar-refractivity contribution in [3.05, 3.63) is 47.5 Å². The second-order valence-electron chi connectivity index (χ2n) is 14.7. The molecular formula is C36H53BrO2. The molecule has 216 valence electrons. The Morgan fingerprint density at radius 2 is 1.77 bits per heavy atom. The van der Waals surface area contributed by atoms with Crippen molar-refractivity contribution in [3.8, 4) is 0 Å². The molecule has 0 heterocycles. The van der Waals surface area contributed by atoms with Gasteiger partial charge in [0.1, 0.15) is 10.9 Å². The van der Waals surface area contributed by atoms with E-state index in [4.69, 9.17) is 4.74 Å². The van der Waals surface area contributed by atoms with Crippen LogP contribution in [0.1, 0.15) is 111 Å².